The number of nitrogens with zero attached hydrogens (tertiary/aromatic N) is 2. The smallest absolute Gasteiger partial charge is 0.323 e. The van der Waals surface area contributed by atoms with Crippen LogP contribution in [0.3, 0.4) is 0 Å². The summed E-state index contributed by atoms with van der Waals surface area (Å²) >= 11 is 5.15. The van der Waals surface area contributed by atoms with Gasteiger partial charge in [-0.15, -0.1) is 0 Å². The molecule has 2 atom stereocenters. The predicted octanol–water partition coefficient (Wildman–Crippen LogP) is 1.35. The van der Waals surface area contributed by atoms with Gasteiger partial charge in [0.15, 0.2) is 5.11 Å². The average molecular weight is 355 g/mol. The Morgan fingerprint density at radius 2 is 1.91 bits per heavy atom. The van der Waals surface area contributed by atoms with Crippen LogP contribution in [-0.2, 0) is 20.7 Å². The number of likely N-dealkylation sites (N-methyl/N-ethyl adjacent to an activating group) is 1. The van der Waals surface area contributed by atoms with Crippen LogP contribution in [0.25, 0.3) is 0 Å². The molecular formula is C15H22N3O3PS. The molecule has 1 amide bonds. The lowest BCUT2D eigenvalue weighted by Gasteiger charge is -2.23. The minimum Gasteiger partial charge on any atom is -0.468 e. The normalized spacial score (nSPS) is 11.7. The largest absolute Gasteiger partial charge is 0.468 e. The molecule has 1 aromatic rings. The lowest BCUT2D eigenvalue weighted by Crippen LogP contribution is -2.41. The van der Waals surface area contributed by atoms with Crippen molar-refractivity contribution in [3.8, 4) is 0 Å². The van der Waals surface area contributed by atoms with E-state index in [4.69, 9.17) is 17.0 Å². The van der Waals surface area contributed by atoms with Crippen LogP contribution in [0.5, 0.6) is 0 Å². The Balaban J connectivity index is 2.97. The molecule has 23 heavy (non-hydrogen) atoms. The number of ether oxygens (including phenoxy) is 1. The highest BCUT2D eigenvalue weighted by Crippen LogP contribution is 2.19. The van der Waals surface area contributed by atoms with Gasteiger partial charge >= 0.3 is 5.97 Å². The third kappa shape index (κ3) is 5.23. The van der Waals surface area contributed by atoms with Crippen molar-refractivity contribution >= 4 is 44.3 Å². The molecule has 0 aliphatic carbocycles. The van der Waals surface area contributed by atoms with Gasteiger partial charge in [-0.1, -0.05) is 21.5 Å². The fourth-order valence-corrected chi connectivity index (χ4v) is 2.55. The van der Waals surface area contributed by atoms with Crippen molar-refractivity contribution in [3.63, 3.8) is 0 Å². The highest BCUT2D eigenvalue weighted by Gasteiger charge is 2.22. The molecule has 126 valence electrons. The Labute approximate surface area is 144 Å². The lowest BCUT2D eigenvalue weighted by molar-refractivity contribution is -0.144. The van der Waals surface area contributed by atoms with Gasteiger partial charge in [0.1, 0.15) is 6.04 Å². The van der Waals surface area contributed by atoms with Crippen LogP contribution in [-0.4, -0.2) is 48.9 Å². The van der Waals surface area contributed by atoms with E-state index in [0.717, 1.165) is 5.56 Å². The van der Waals surface area contributed by atoms with Crippen LogP contribution in [0.1, 0.15) is 12.5 Å². The number of carbonyl (C=O) groups excluding carboxylic acids is 2. The fraction of sp³-hybridized carbons (Fsp3) is 0.400. The van der Waals surface area contributed by atoms with Crippen LogP contribution in [0.4, 0.5) is 5.69 Å². The first-order chi connectivity index (χ1) is 10.8. The summed E-state index contributed by atoms with van der Waals surface area (Å²) < 4.78 is 6.55. The van der Waals surface area contributed by atoms with Crippen LogP contribution < -0.4 is 10.2 Å². The predicted molar refractivity (Wildman–Crippen MR) is 98.2 cm³/mol. The Kier molecular flexibility index (Phi) is 7.55. The molecule has 0 aliphatic rings. The standard InChI is InChI=1S/C15H22N3O3PS/c1-10(19)18(15(23)16-2)12-7-5-11(6-8-12)9-13(17(3)22)14(20)21-4/h5-8,13H,9,22H2,1-4H3,(H,16,23)/t13-/m0/s1. The molecule has 1 rings (SSSR count). The van der Waals surface area contributed by atoms with Crippen molar-refractivity contribution in [2.45, 2.75) is 19.4 Å². The van der Waals surface area contributed by atoms with E-state index in [-0.39, 0.29) is 11.9 Å². The molecule has 6 nitrogen and oxygen atoms in total. The number of hydrogen-bond donors (Lipinski definition) is 1. The Morgan fingerprint density at radius 3 is 2.30 bits per heavy atom. The van der Waals surface area contributed by atoms with Crippen LogP contribution in [0.15, 0.2) is 24.3 Å². The summed E-state index contributed by atoms with van der Waals surface area (Å²) in [6, 6.07) is 6.95. The highest BCUT2D eigenvalue weighted by atomic mass is 32.1. The number of amides is 1. The number of esters is 1. The zero-order chi connectivity index (χ0) is 17.6. The summed E-state index contributed by atoms with van der Waals surface area (Å²) in [5, 5.41) is 3.13. The average Bonchev–Trinajstić information content (AvgIpc) is 2.52. The molecule has 0 saturated carbocycles. The third-order valence-electron chi connectivity index (χ3n) is 3.32. The fourth-order valence-electron chi connectivity index (χ4n) is 2.09. The molecule has 0 heterocycles. The Bertz CT molecular complexity index is 578. The van der Waals surface area contributed by atoms with Crippen LogP contribution >= 0.6 is 21.6 Å². The summed E-state index contributed by atoms with van der Waals surface area (Å²) in [4.78, 5) is 25.0. The van der Waals surface area contributed by atoms with E-state index < -0.39 is 6.04 Å². The number of thiocarbonyl (C=S) groups is 1. The number of anilines is 1. The minimum atomic E-state index is -0.391. The van der Waals surface area contributed by atoms with E-state index in [1.54, 1.807) is 30.9 Å². The summed E-state index contributed by atoms with van der Waals surface area (Å²) in [5.41, 5.74) is 1.63. The number of rotatable bonds is 5. The quantitative estimate of drug-likeness (QED) is 0.489. The van der Waals surface area contributed by atoms with Gasteiger partial charge in [0.05, 0.1) is 12.8 Å². The number of benzene rings is 1. The SMILES string of the molecule is CNC(=S)N(C(C)=O)c1ccc(C[C@@H](C(=O)OC)N(C)P)cc1. The summed E-state index contributed by atoms with van der Waals surface area (Å²) in [7, 11) is 7.31. The van der Waals surface area contributed by atoms with Gasteiger partial charge in [0.2, 0.25) is 5.91 Å². The second kappa shape index (κ2) is 8.91. The molecule has 8 heteroatoms. The first-order valence-electron chi connectivity index (χ1n) is 6.98. The number of methoxy groups -OCH3 is 1. The van der Waals surface area contributed by atoms with E-state index in [0.29, 0.717) is 17.2 Å². The molecule has 0 spiro atoms. The Hall–Kier alpha value is -1.56. The first-order valence-corrected chi connectivity index (χ1v) is 7.91. The lowest BCUT2D eigenvalue weighted by atomic mass is 10.1. The molecular weight excluding hydrogens is 333 g/mol. The van der Waals surface area contributed by atoms with E-state index >= 15 is 0 Å². The second-order valence-electron chi connectivity index (χ2n) is 4.98. The van der Waals surface area contributed by atoms with Gasteiger partial charge in [-0.3, -0.25) is 19.2 Å². The van der Waals surface area contributed by atoms with Gasteiger partial charge in [0, 0.05) is 14.0 Å². The topological polar surface area (TPSA) is 61.9 Å². The summed E-state index contributed by atoms with van der Waals surface area (Å²) in [6.07, 6.45) is 0.503. The molecule has 0 fully saturated rings. The van der Waals surface area contributed by atoms with Crippen molar-refractivity contribution in [2.24, 2.45) is 0 Å². The van der Waals surface area contributed by atoms with Gasteiger partial charge in [-0.05, 0) is 43.4 Å². The zero-order valence-corrected chi connectivity index (χ0v) is 15.7. The number of carbonyl (C=O) groups is 2. The molecule has 0 saturated heterocycles. The number of nitrogens with one attached hydrogen (secondary N) is 1. The van der Waals surface area contributed by atoms with Gasteiger partial charge in [-0.25, -0.2) is 0 Å². The summed E-state index contributed by atoms with van der Waals surface area (Å²) in [6.45, 7) is 1.45. The second-order valence-corrected chi connectivity index (χ2v) is 6.19. The van der Waals surface area contributed by atoms with E-state index in [9.17, 15) is 9.59 Å². The van der Waals surface area contributed by atoms with Crippen molar-refractivity contribution in [3.05, 3.63) is 29.8 Å². The van der Waals surface area contributed by atoms with E-state index in [1.807, 2.05) is 12.1 Å². The maximum absolute atomic E-state index is 11.8. The Morgan fingerprint density at radius 1 is 1.35 bits per heavy atom. The van der Waals surface area contributed by atoms with Crippen molar-refractivity contribution in [1.82, 2.24) is 9.99 Å². The van der Waals surface area contributed by atoms with Crippen molar-refractivity contribution in [2.75, 3.05) is 26.1 Å². The van der Waals surface area contributed by atoms with Crippen LogP contribution in [0, 0.1) is 0 Å². The molecule has 0 bridgehead atoms. The zero-order valence-electron chi connectivity index (χ0n) is 13.7. The monoisotopic (exact) mass is 355 g/mol. The molecule has 0 radical (unpaired) electrons. The third-order valence-corrected chi connectivity index (χ3v) is 4.07. The summed E-state index contributed by atoms with van der Waals surface area (Å²) in [5.74, 6) is -0.470. The minimum absolute atomic E-state index is 0.172. The van der Waals surface area contributed by atoms with E-state index in [2.05, 4.69) is 14.7 Å². The first kappa shape index (κ1) is 19.5. The molecule has 0 aromatic heterocycles. The van der Waals surface area contributed by atoms with Gasteiger partial charge in [0.25, 0.3) is 0 Å². The molecule has 1 N–H and O–H groups in total. The molecule has 1 unspecified atom stereocenters. The van der Waals surface area contributed by atoms with Crippen LogP contribution in [0.2, 0.25) is 0 Å². The van der Waals surface area contributed by atoms with E-state index in [1.165, 1.54) is 18.9 Å². The van der Waals surface area contributed by atoms with Crippen molar-refractivity contribution < 1.29 is 14.3 Å². The highest BCUT2D eigenvalue weighted by molar-refractivity contribution is 7.80. The maximum Gasteiger partial charge on any atom is 0.323 e. The maximum atomic E-state index is 11.8. The van der Waals surface area contributed by atoms with Crippen molar-refractivity contribution in [1.29, 1.82) is 0 Å². The number of hydrogen-bond acceptors (Lipinski definition) is 5. The molecule has 1 aromatic carbocycles. The van der Waals surface area contributed by atoms with Gasteiger partial charge in [-0.2, -0.15) is 0 Å². The van der Waals surface area contributed by atoms with Gasteiger partial charge < -0.3 is 10.1 Å². The molecule has 0 aliphatic heterocycles.